The SMILES string of the molecule is C=C/C=C(\C=C/C)c1ccc2c(n1)c1cc3c(cc1n2-c1ccc(-c2nc(-c4ccccc4)cc(-c4ccccc4)n2)cc1)sc1ccccc13.C=CC=C. The lowest BCUT2D eigenvalue weighted by molar-refractivity contribution is 1.16. The maximum Gasteiger partial charge on any atom is 0.160 e. The van der Waals surface area contributed by atoms with Crippen molar-refractivity contribution in [2.24, 2.45) is 0 Å². The van der Waals surface area contributed by atoms with Gasteiger partial charge in [-0.05, 0) is 73.2 Å². The van der Waals surface area contributed by atoms with E-state index in [1.54, 1.807) is 12.2 Å². The van der Waals surface area contributed by atoms with Gasteiger partial charge in [0.1, 0.15) is 0 Å². The van der Waals surface area contributed by atoms with E-state index in [1.807, 2.05) is 72.9 Å². The maximum absolute atomic E-state index is 5.30. The fraction of sp³-hybridized carbons (Fsp3) is 0.0200. The number of benzene rings is 5. The minimum Gasteiger partial charge on any atom is -0.308 e. The topological polar surface area (TPSA) is 43.6 Å². The van der Waals surface area contributed by atoms with E-state index in [0.29, 0.717) is 5.82 Å². The van der Waals surface area contributed by atoms with Crippen LogP contribution in [0.3, 0.4) is 0 Å². The third-order valence-corrected chi connectivity index (χ3v) is 10.6. The Balaban J connectivity index is 0.00000102. The first-order valence-electron chi connectivity index (χ1n) is 18.2. The Kier molecular flexibility index (Phi) is 9.94. The molecule has 0 atom stereocenters. The molecule has 264 valence electrons. The first-order chi connectivity index (χ1) is 27.1. The minimum atomic E-state index is 0.688. The van der Waals surface area contributed by atoms with Crippen molar-refractivity contribution in [1.29, 1.82) is 0 Å². The van der Waals surface area contributed by atoms with E-state index >= 15 is 0 Å². The Morgan fingerprint density at radius 2 is 1.22 bits per heavy atom. The van der Waals surface area contributed by atoms with E-state index in [1.165, 1.54) is 20.2 Å². The van der Waals surface area contributed by atoms with Crippen molar-refractivity contribution in [2.75, 3.05) is 0 Å². The van der Waals surface area contributed by atoms with Gasteiger partial charge in [-0.15, -0.1) is 11.3 Å². The molecule has 5 heteroatoms. The maximum atomic E-state index is 5.30. The summed E-state index contributed by atoms with van der Waals surface area (Å²) < 4.78 is 4.87. The summed E-state index contributed by atoms with van der Waals surface area (Å²) in [6.07, 6.45) is 11.2. The molecule has 55 heavy (non-hydrogen) atoms. The van der Waals surface area contributed by atoms with E-state index in [-0.39, 0.29) is 0 Å². The normalized spacial score (nSPS) is 11.6. The molecular weight excluding hydrogens is 689 g/mol. The molecule has 0 radical (unpaired) electrons. The highest BCUT2D eigenvalue weighted by atomic mass is 32.1. The molecule has 0 aliphatic rings. The summed E-state index contributed by atoms with van der Waals surface area (Å²) in [5.74, 6) is 0.688. The number of hydrogen-bond acceptors (Lipinski definition) is 4. The van der Waals surface area contributed by atoms with Crippen LogP contribution in [0.4, 0.5) is 0 Å². The summed E-state index contributed by atoms with van der Waals surface area (Å²) in [7, 11) is 0. The number of rotatable bonds is 8. The summed E-state index contributed by atoms with van der Waals surface area (Å²) in [6, 6.07) is 48.8. The molecule has 0 amide bonds. The van der Waals surface area contributed by atoms with Crippen LogP contribution >= 0.6 is 11.3 Å². The smallest absolute Gasteiger partial charge is 0.160 e. The Morgan fingerprint density at radius 3 is 1.85 bits per heavy atom. The quantitative estimate of drug-likeness (QED) is 0.146. The first kappa shape index (κ1) is 35.1. The van der Waals surface area contributed by atoms with Crippen molar-refractivity contribution in [3.8, 4) is 39.6 Å². The fourth-order valence-corrected chi connectivity index (χ4v) is 8.04. The Morgan fingerprint density at radius 1 is 0.564 bits per heavy atom. The summed E-state index contributed by atoms with van der Waals surface area (Å²) in [5, 5.41) is 3.65. The van der Waals surface area contributed by atoms with Crippen molar-refractivity contribution in [2.45, 2.75) is 6.92 Å². The van der Waals surface area contributed by atoms with E-state index in [4.69, 9.17) is 15.0 Å². The number of aromatic nitrogens is 4. The van der Waals surface area contributed by atoms with Gasteiger partial charge >= 0.3 is 0 Å². The Hall–Kier alpha value is -6.95. The average Bonchev–Trinajstić information content (AvgIpc) is 3.77. The van der Waals surface area contributed by atoms with Gasteiger partial charge < -0.3 is 4.57 Å². The van der Waals surface area contributed by atoms with Crippen LogP contribution in [0, 0.1) is 0 Å². The monoisotopic (exact) mass is 726 g/mol. The van der Waals surface area contributed by atoms with Gasteiger partial charge in [-0.2, -0.15) is 0 Å². The van der Waals surface area contributed by atoms with Crippen LogP contribution in [0.25, 0.3) is 87.3 Å². The summed E-state index contributed by atoms with van der Waals surface area (Å²) in [6.45, 7) is 12.7. The lowest BCUT2D eigenvalue weighted by Crippen LogP contribution is -1.97. The highest BCUT2D eigenvalue weighted by molar-refractivity contribution is 7.25. The zero-order valence-electron chi connectivity index (χ0n) is 30.6. The second kappa shape index (κ2) is 15.6. The van der Waals surface area contributed by atoms with Crippen LogP contribution in [0.2, 0.25) is 0 Å². The minimum absolute atomic E-state index is 0.688. The van der Waals surface area contributed by atoms with E-state index in [2.05, 4.69) is 134 Å². The molecule has 0 saturated heterocycles. The van der Waals surface area contributed by atoms with Gasteiger partial charge in [0.25, 0.3) is 0 Å². The number of allylic oxidation sites excluding steroid dienone is 7. The predicted octanol–water partition coefficient (Wildman–Crippen LogP) is 13.8. The Labute approximate surface area is 325 Å². The lowest BCUT2D eigenvalue weighted by Gasteiger charge is -2.11. The highest BCUT2D eigenvalue weighted by Crippen LogP contribution is 2.41. The number of thiophene rings is 1. The molecular formula is C50H38N4S. The summed E-state index contributed by atoms with van der Waals surface area (Å²) >= 11 is 1.83. The fourth-order valence-electron chi connectivity index (χ4n) is 6.92. The second-order valence-corrected chi connectivity index (χ2v) is 14.0. The van der Waals surface area contributed by atoms with Crippen molar-refractivity contribution in [3.63, 3.8) is 0 Å². The third kappa shape index (κ3) is 6.85. The molecule has 0 saturated carbocycles. The molecule has 0 fully saturated rings. The van der Waals surface area contributed by atoms with Gasteiger partial charge in [0, 0.05) is 47.9 Å². The number of hydrogen-bond donors (Lipinski definition) is 0. The predicted molar refractivity (Wildman–Crippen MR) is 237 cm³/mol. The molecule has 0 spiro atoms. The van der Waals surface area contributed by atoms with E-state index < -0.39 is 0 Å². The van der Waals surface area contributed by atoms with E-state index in [9.17, 15) is 0 Å². The van der Waals surface area contributed by atoms with Gasteiger partial charge in [0.2, 0.25) is 0 Å². The largest absolute Gasteiger partial charge is 0.308 e. The molecule has 4 aromatic heterocycles. The molecule has 0 unspecified atom stereocenters. The highest BCUT2D eigenvalue weighted by Gasteiger charge is 2.18. The van der Waals surface area contributed by atoms with Gasteiger partial charge in [0.15, 0.2) is 5.82 Å². The van der Waals surface area contributed by atoms with Gasteiger partial charge in [-0.3, -0.25) is 0 Å². The van der Waals surface area contributed by atoms with Crippen LogP contribution in [0.15, 0.2) is 196 Å². The van der Waals surface area contributed by atoms with Crippen molar-refractivity contribution in [1.82, 2.24) is 19.5 Å². The van der Waals surface area contributed by atoms with Crippen LogP contribution in [0.1, 0.15) is 12.6 Å². The van der Waals surface area contributed by atoms with Crippen LogP contribution < -0.4 is 0 Å². The van der Waals surface area contributed by atoms with Gasteiger partial charge in [0.05, 0.1) is 33.6 Å². The van der Waals surface area contributed by atoms with Crippen LogP contribution in [-0.2, 0) is 0 Å². The lowest BCUT2D eigenvalue weighted by atomic mass is 10.1. The zero-order chi connectivity index (χ0) is 37.7. The second-order valence-electron chi connectivity index (χ2n) is 12.9. The number of pyridine rings is 1. The first-order valence-corrected chi connectivity index (χ1v) is 19.0. The molecule has 5 aromatic carbocycles. The molecule has 0 aliphatic heterocycles. The summed E-state index contributed by atoms with van der Waals surface area (Å²) in [5.41, 5.74) is 11.0. The van der Waals surface area contributed by atoms with Crippen molar-refractivity contribution in [3.05, 3.63) is 201 Å². The molecule has 0 N–H and O–H groups in total. The molecule has 0 bridgehead atoms. The van der Waals surface area contributed by atoms with Crippen LogP contribution in [0.5, 0.6) is 0 Å². The summed E-state index contributed by atoms with van der Waals surface area (Å²) in [4.78, 5) is 15.4. The molecule has 9 aromatic rings. The number of nitrogens with zero attached hydrogens (tertiary/aromatic N) is 4. The van der Waals surface area contributed by atoms with Crippen molar-refractivity contribution < 1.29 is 0 Å². The zero-order valence-corrected chi connectivity index (χ0v) is 31.4. The third-order valence-electron chi connectivity index (χ3n) is 9.46. The number of fused-ring (bicyclic) bond motifs is 6. The van der Waals surface area contributed by atoms with Gasteiger partial charge in [-0.1, -0.05) is 135 Å². The standard InChI is InChI=1S/C46H32N4S.C4H6/c1-3-13-30(14-4-2)38-25-26-41-45(47-38)37-27-36-35-19-11-12-20-43(35)51-44(36)29-42(37)50(41)34-23-21-33(22-24-34)46-48-39(31-15-7-5-8-16-31)28-40(49-46)32-17-9-6-10-18-32;1-3-4-2/h3-29H,1H2,2H3;3-4H,1-2H2/b14-4-,30-13+;. The molecule has 9 rings (SSSR count). The average molecular weight is 727 g/mol. The molecule has 4 heterocycles. The van der Waals surface area contributed by atoms with Gasteiger partial charge in [-0.25, -0.2) is 15.0 Å². The van der Waals surface area contributed by atoms with E-state index in [0.717, 1.165) is 67.0 Å². The molecule has 4 nitrogen and oxygen atoms in total. The van der Waals surface area contributed by atoms with Crippen LogP contribution in [-0.4, -0.2) is 19.5 Å². The Bertz CT molecular complexity index is 2850. The molecule has 0 aliphatic carbocycles. The van der Waals surface area contributed by atoms with Crippen molar-refractivity contribution >= 4 is 59.0 Å².